The van der Waals surface area contributed by atoms with Gasteiger partial charge in [-0.05, 0) is 76.1 Å². The lowest BCUT2D eigenvalue weighted by Crippen LogP contribution is -2.32. The second-order valence-electron chi connectivity index (χ2n) is 9.51. The minimum Gasteiger partial charge on any atom is -0.457 e. The topological polar surface area (TPSA) is 146 Å². The van der Waals surface area contributed by atoms with Gasteiger partial charge in [0.1, 0.15) is 18.7 Å². The number of halogens is 1. The number of hydrogen-bond donors (Lipinski definition) is 2. The van der Waals surface area contributed by atoms with Crippen LogP contribution in [0.25, 0.3) is 5.70 Å². The van der Waals surface area contributed by atoms with E-state index in [-0.39, 0.29) is 17.9 Å². The molecule has 0 spiro atoms. The molecule has 2 aromatic rings. The van der Waals surface area contributed by atoms with Gasteiger partial charge in [-0.1, -0.05) is 13.3 Å². The number of aromatic nitrogens is 4. The number of methoxy groups -OCH3 is 1. The number of rotatable bonds is 9. The SMILES string of the molecule is CC=O.CCOC.CCc1nc(/C(N)=C(\COc2nc(Cl)nc(C3CCC3)n2)N(C)N)ccc1N1CCCCC1. The van der Waals surface area contributed by atoms with Crippen LogP contribution in [0.2, 0.25) is 5.28 Å². The van der Waals surface area contributed by atoms with Gasteiger partial charge in [-0.15, -0.1) is 0 Å². The van der Waals surface area contributed by atoms with Crippen molar-refractivity contribution < 1.29 is 14.3 Å². The van der Waals surface area contributed by atoms with Crippen LogP contribution in [0.3, 0.4) is 0 Å². The minimum atomic E-state index is 0.0836. The molecule has 0 aromatic carbocycles. The summed E-state index contributed by atoms with van der Waals surface area (Å²) in [6.07, 6.45) is 8.59. The molecular weight excluding hydrogens is 532 g/mol. The predicted molar refractivity (Wildman–Crippen MR) is 159 cm³/mol. The fraction of sp³-hybridized carbons (Fsp3) is 0.607. The standard InChI is InChI=1S/C23H33ClN8O.C3H8O.C2H4O/c1-3-16-18(32-12-5-4-6-13-32)11-10-17(27-16)20(25)19(31(2)26)14-33-23-29-21(15-8-7-9-15)28-22(24)30-23;1-3-4-2;1-2-3/h10-11,15H,3-9,12-14,25-26H2,1-2H3;3H2,1-2H3;2H,1H3/b20-19-;;. The first-order chi connectivity index (χ1) is 19.3. The average molecular weight is 577 g/mol. The third-order valence-electron chi connectivity index (χ3n) is 6.70. The largest absolute Gasteiger partial charge is 0.457 e. The van der Waals surface area contributed by atoms with Crippen molar-refractivity contribution in [3.63, 3.8) is 0 Å². The van der Waals surface area contributed by atoms with E-state index < -0.39 is 0 Å². The Balaban J connectivity index is 0.000000722. The number of likely N-dealkylation sites (N-methyl/N-ethyl adjacent to an activating group) is 1. The molecule has 0 bridgehead atoms. The number of hydrogen-bond acceptors (Lipinski definition) is 11. The smallest absolute Gasteiger partial charge is 0.321 e. The summed E-state index contributed by atoms with van der Waals surface area (Å²) in [7, 11) is 3.40. The normalized spacial score (nSPS) is 15.4. The molecule has 3 heterocycles. The number of aryl methyl sites for hydroxylation is 1. The van der Waals surface area contributed by atoms with Crippen LogP contribution in [0.15, 0.2) is 17.8 Å². The van der Waals surface area contributed by atoms with Crippen molar-refractivity contribution in [1.82, 2.24) is 24.9 Å². The third-order valence-corrected chi connectivity index (χ3v) is 6.87. The Labute approximate surface area is 243 Å². The highest BCUT2D eigenvalue weighted by Crippen LogP contribution is 2.35. The zero-order valence-electron chi connectivity index (χ0n) is 24.5. The van der Waals surface area contributed by atoms with Crippen LogP contribution < -0.4 is 21.2 Å². The molecule has 0 radical (unpaired) electrons. The van der Waals surface area contributed by atoms with E-state index in [1.54, 1.807) is 14.2 Å². The first-order valence-corrected chi connectivity index (χ1v) is 14.3. The molecule has 11 nitrogen and oxygen atoms in total. The maximum atomic E-state index is 8.81. The first kappa shape index (κ1) is 33.2. The molecule has 0 unspecified atom stereocenters. The van der Waals surface area contributed by atoms with Crippen molar-refractivity contribution in [2.75, 3.05) is 45.4 Å². The van der Waals surface area contributed by atoms with Crippen molar-refractivity contribution in [1.29, 1.82) is 0 Å². The second kappa shape index (κ2) is 17.6. The monoisotopic (exact) mass is 576 g/mol. The van der Waals surface area contributed by atoms with Gasteiger partial charge in [0.25, 0.3) is 0 Å². The van der Waals surface area contributed by atoms with E-state index in [4.69, 9.17) is 37.7 Å². The van der Waals surface area contributed by atoms with Crippen molar-refractivity contribution >= 4 is 29.3 Å². The van der Waals surface area contributed by atoms with Crippen LogP contribution >= 0.6 is 11.6 Å². The number of carbonyl (C=O) groups is 1. The molecule has 12 heteroatoms. The molecule has 2 aromatic heterocycles. The summed E-state index contributed by atoms with van der Waals surface area (Å²) in [5.74, 6) is 7.09. The molecule has 1 aliphatic heterocycles. The molecule has 0 amide bonds. The summed E-state index contributed by atoms with van der Waals surface area (Å²) in [5.41, 5.74) is 10.5. The van der Waals surface area contributed by atoms with Gasteiger partial charge in [0.2, 0.25) is 5.28 Å². The number of carbonyl (C=O) groups excluding carboxylic acids is 1. The number of nitrogens with zero attached hydrogens (tertiary/aromatic N) is 6. The zero-order valence-corrected chi connectivity index (χ0v) is 25.3. The molecule has 0 atom stereocenters. The van der Waals surface area contributed by atoms with Crippen LogP contribution in [-0.4, -0.2) is 71.7 Å². The van der Waals surface area contributed by atoms with E-state index in [1.807, 2.05) is 13.0 Å². The first-order valence-electron chi connectivity index (χ1n) is 13.9. The quantitative estimate of drug-likeness (QED) is 0.252. The van der Waals surface area contributed by atoms with Gasteiger partial charge in [-0.2, -0.15) is 9.97 Å². The van der Waals surface area contributed by atoms with Crippen LogP contribution in [0.5, 0.6) is 6.01 Å². The number of piperidine rings is 1. The van der Waals surface area contributed by atoms with E-state index in [1.165, 1.54) is 43.3 Å². The van der Waals surface area contributed by atoms with Gasteiger partial charge >= 0.3 is 6.01 Å². The van der Waals surface area contributed by atoms with E-state index >= 15 is 0 Å². The summed E-state index contributed by atoms with van der Waals surface area (Å²) in [6, 6.07) is 4.24. The molecule has 2 aliphatic rings. The Hall–Kier alpha value is -3.02. The molecule has 40 heavy (non-hydrogen) atoms. The lowest BCUT2D eigenvalue weighted by molar-refractivity contribution is -0.106. The van der Waals surface area contributed by atoms with Gasteiger partial charge in [0, 0.05) is 39.8 Å². The van der Waals surface area contributed by atoms with Crippen LogP contribution in [0.1, 0.15) is 82.4 Å². The molecule has 4 rings (SSSR count). The molecule has 1 saturated heterocycles. The fourth-order valence-corrected chi connectivity index (χ4v) is 4.40. The summed E-state index contributed by atoms with van der Waals surface area (Å²) < 4.78 is 10.4. The number of pyridine rings is 1. The molecule has 1 saturated carbocycles. The molecule has 4 N–H and O–H groups in total. The lowest BCUT2D eigenvalue weighted by Gasteiger charge is -2.30. The maximum absolute atomic E-state index is 8.81. The average Bonchev–Trinajstić information content (AvgIpc) is 2.92. The molecule has 2 fully saturated rings. The minimum absolute atomic E-state index is 0.0836. The maximum Gasteiger partial charge on any atom is 0.321 e. The van der Waals surface area contributed by atoms with Crippen molar-refractivity contribution in [2.24, 2.45) is 11.6 Å². The number of aldehydes is 1. The van der Waals surface area contributed by atoms with E-state index in [9.17, 15) is 0 Å². The number of hydrazine groups is 1. The fourth-order valence-electron chi connectivity index (χ4n) is 4.24. The van der Waals surface area contributed by atoms with Crippen LogP contribution in [0, 0.1) is 0 Å². The highest BCUT2D eigenvalue weighted by molar-refractivity contribution is 6.28. The Bertz CT molecular complexity index is 1090. The Kier molecular flexibility index (Phi) is 14.6. The zero-order chi connectivity index (χ0) is 29.5. The van der Waals surface area contributed by atoms with Crippen LogP contribution in [0.4, 0.5) is 5.69 Å². The summed E-state index contributed by atoms with van der Waals surface area (Å²) in [5, 5.41) is 1.57. The summed E-state index contributed by atoms with van der Waals surface area (Å²) in [4.78, 5) is 28.9. The van der Waals surface area contributed by atoms with Crippen LogP contribution in [-0.2, 0) is 16.0 Å². The third kappa shape index (κ3) is 9.87. The second-order valence-corrected chi connectivity index (χ2v) is 9.85. The highest BCUT2D eigenvalue weighted by Gasteiger charge is 2.24. The van der Waals surface area contributed by atoms with Gasteiger partial charge in [0.15, 0.2) is 0 Å². The van der Waals surface area contributed by atoms with Crippen molar-refractivity contribution in [3.05, 3.63) is 40.3 Å². The molecule has 222 valence electrons. The van der Waals surface area contributed by atoms with E-state index in [0.29, 0.717) is 28.8 Å². The van der Waals surface area contributed by atoms with Gasteiger partial charge < -0.3 is 29.9 Å². The highest BCUT2D eigenvalue weighted by atomic mass is 35.5. The Morgan fingerprint density at radius 3 is 2.30 bits per heavy atom. The number of anilines is 1. The summed E-state index contributed by atoms with van der Waals surface area (Å²) >= 11 is 6.10. The van der Waals surface area contributed by atoms with Gasteiger partial charge in [0.05, 0.1) is 28.5 Å². The molecular formula is C28H45ClN8O3. The van der Waals surface area contributed by atoms with E-state index in [0.717, 1.165) is 50.9 Å². The Morgan fingerprint density at radius 1 is 1.12 bits per heavy atom. The summed E-state index contributed by atoms with van der Waals surface area (Å²) in [6.45, 7) is 8.56. The van der Waals surface area contributed by atoms with Gasteiger partial charge in [-0.3, -0.25) is 0 Å². The van der Waals surface area contributed by atoms with Crippen molar-refractivity contribution in [2.45, 2.75) is 71.6 Å². The van der Waals surface area contributed by atoms with Gasteiger partial charge in [-0.25, -0.2) is 15.8 Å². The lowest BCUT2D eigenvalue weighted by atomic mass is 9.85. The number of ether oxygens (including phenoxy) is 2. The van der Waals surface area contributed by atoms with Crippen molar-refractivity contribution in [3.8, 4) is 6.01 Å². The molecule has 1 aliphatic carbocycles. The Morgan fingerprint density at radius 2 is 1.77 bits per heavy atom. The number of nitrogens with two attached hydrogens (primary N) is 2. The predicted octanol–water partition coefficient (Wildman–Crippen LogP) is 4.11. The van der Waals surface area contributed by atoms with E-state index in [2.05, 4.69) is 37.6 Å².